The molecule has 0 saturated carbocycles. The van der Waals surface area contributed by atoms with Crippen LogP contribution in [0.25, 0.3) is 0 Å². The molecule has 0 radical (unpaired) electrons. The van der Waals surface area contributed by atoms with Crippen molar-refractivity contribution in [1.82, 2.24) is 4.72 Å². The number of rotatable bonds is 7. The van der Waals surface area contributed by atoms with Gasteiger partial charge in [0.05, 0.1) is 4.90 Å². The molecule has 0 spiro atoms. The van der Waals surface area contributed by atoms with Crippen molar-refractivity contribution in [2.75, 3.05) is 6.54 Å². The standard InChI is InChI=1S/C13H19NO4S/c1-10-6-7-12(11(2)9-10)19(17,18)14-8-4-3-5-13(15)16/h6-7,9,14H,3-5,8H2,1-2H3,(H,15,16). The van der Waals surface area contributed by atoms with Gasteiger partial charge in [-0.05, 0) is 38.3 Å². The second-order valence-corrected chi connectivity index (χ2v) is 6.25. The molecule has 106 valence electrons. The number of aliphatic carboxylic acids is 1. The molecule has 6 heteroatoms. The zero-order chi connectivity index (χ0) is 14.5. The zero-order valence-corrected chi connectivity index (χ0v) is 12.0. The number of carbonyl (C=O) groups is 1. The number of carboxylic acids is 1. The van der Waals surface area contributed by atoms with Crippen LogP contribution in [0.2, 0.25) is 0 Å². The molecule has 1 rings (SSSR count). The van der Waals surface area contributed by atoms with Gasteiger partial charge in [-0.25, -0.2) is 13.1 Å². The summed E-state index contributed by atoms with van der Waals surface area (Å²) in [7, 11) is -3.51. The summed E-state index contributed by atoms with van der Waals surface area (Å²) >= 11 is 0. The van der Waals surface area contributed by atoms with Crippen molar-refractivity contribution in [3.05, 3.63) is 29.3 Å². The summed E-state index contributed by atoms with van der Waals surface area (Å²) in [6.45, 7) is 3.91. The number of benzene rings is 1. The molecule has 0 aromatic heterocycles. The third-order valence-electron chi connectivity index (χ3n) is 2.73. The largest absolute Gasteiger partial charge is 0.481 e. The fourth-order valence-electron chi connectivity index (χ4n) is 1.79. The Balaban J connectivity index is 2.59. The van der Waals surface area contributed by atoms with E-state index in [4.69, 9.17) is 5.11 Å². The Kier molecular flexibility index (Phi) is 5.50. The number of hydrogen-bond donors (Lipinski definition) is 2. The van der Waals surface area contributed by atoms with Gasteiger partial charge >= 0.3 is 5.97 Å². The van der Waals surface area contributed by atoms with Crippen LogP contribution in [0.15, 0.2) is 23.1 Å². The number of nitrogens with one attached hydrogen (secondary N) is 1. The van der Waals surface area contributed by atoms with Crippen molar-refractivity contribution in [1.29, 1.82) is 0 Å². The van der Waals surface area contributed by atoms with Gasteiger partial charge in [-0.3, -0.25) is 4.79 Å². The second-order valence-electron chi connectivity index (χ2n) is 4.52. The fraction of sp³-hybridized carbons (Fsp3) is 0.462. The van der Waals surface area contributed by atoms with Gasteiger partial charge in [0.1, 0.15) is 0 Å². The molecule has 0 bridgehead atoms. The lowest BCUT2D eigenvalue weighted by Gasteiger charge is -2.09. The molecular formula is C13H19NO4S. The summed E-state index contributed by atoms with van der Waals surface area (Å²) < 4.78 is 26.6. The molecular weight excluding hydrogens is 266 g/mol. The third-order valence-corrected chi connectivity index (χ3v) is 4.35. The Labute approximate surface area is 113 Å². The number of hydrogen-bond acceptors (Lipinski definition) is 3. The zero-order valence-electron chi connectivity index (χ0n) is 11.1. The van der Waals surface area contributed by atoms with Crippen molar-refractivity contribution >= 4 is 16.0 Å². The van der Waals surface area contributed by atoms with Crippen LogP contribution in [0.5, 0.6) is 0 Å². The lowest BCUT2D eigenvalue weighted by molar-refractivity contribution is -0.137. The normalized spacial score (nSPS) is 11.5. The van der Waals surface area contributed by atoms with Crippen LogP contribution >= 0.6 is 0 Å². The lowest BCUT2D eigenvalue weighted by atomic mass is 10.2. The monoisotopic (exact) mass is 285 g/mol. The summed E-state index contributed by atoms with van der Waals surface area (Å²) in [5.41, 5.74) is 1.72. The minimum atomic E-state index is -3.51. The van der Waals surface area contributed by atoms with Crippen LogP contribution in [0, 0.1) is 13.8 Å². The van der Waals surface area contributed by atoms with Gasteiger partial charge < -0.3 is 5.11 Å². The topological polar surface area (TPSA) is 83.5 Å². The molecule has 0 heterocycles. The maximum atomic E-state index is 12.0. The SMILES string of the molecule is Cc1ccc(S(=O)(=O)NCCCCC(=O)O)c(C)c1. The number of aryl methyl sites for hydroxylation is 2. The van der Waals surface area contributed by atoms with E-state index in [0.29, 0.717) is 18.4 Å². The van der Waals surface area contributed by atoms with Crippen LogP contribution in [0.4, 0.5) is 0 Å². The van der Waals surface area contributed by atoms with E-state index in [-0.39, 0.29) is 17.9 Å². The van der Waals surface area contributed by atoms with Gasteiger partial charge in [-0.1, -0.05) is 17.7 Å². The van der Waals surface area contributed by atoms with E-state index in [1.807, 2.05) is 13.0 Å². The van der Waals surface area contributed by atoms with Crippen LogP contribution in [0.1, 0.15) is 30.4 Å². The van der Waals surface area contributed by atoms with Gasteiger partial charge in [0.15, 0.2) is 0 Å². The number of unbranched alkanes of at least 4 members (excludes halogenated alkanes) is 1. The van der Waals surface area contributed by atoms with Gasteiger partial charge in [0.2, 0.25) is 10.0 Å². The first-order chi connectivity index (χ1) is 8.83. The maximum Gasteiger partial charge on any atom is 0.303 e. The minimum absolute atomic E-state index is 0.0608. The lowest BCUT2D eigenvalue weighted by Crippen LogP contribution is -2.25. The number of sulfonamides is 1. The average Bonchev–Trinajstić information content (AvgIpc) is 2.27. The Hall–Kier alpha value is -1.40. The molecule has 0 unspecified atom stereocenters. The fourth-order valence-corrected chi connectivity index (χ4v) is 3.08. The average molecular weight is 285 g/mol. The molecule has 0 atom stereocenters. The third kappa shape index (κ3) is 5.00. The van der Waals surface area contributed by atoms with Crippen molar-refractivity contribution in [2.24, 2.45) is 0 Å². The van der Waals surface area contributed by atoms with E-state index < -0.39 is 16.0 Å². The summed E-state index contributed by atoms with van der Waals surface area (Å²) in [5.74, 6) is -0.864. The Morgan fingerprint density at radius 1 is 1.26 bits per heavy atom. The molecule has 19 heavy (non-hydrogen) atoms. The van der Waals surface area contributed by atoms with E-state index >= 15 is 0 Å². The highest BCUT2D eigenvalue weighted by Gasteiger charge is 2.15. The maximum absolute atomic E-state index is 12.0. The van der Waals surface area contributed by atoms with Crippen molar-refractivity contribution in [3.63, 3.8) is 0 Å². The van der Waals surface area contributed by atoms with Gasteiger partial charge in [0.25, 0.3) is 0 Å². The summed E-state index contributed by atoms with van der Waals surface area (Å²) in [6, 6.07) is 5.16. The Morgan fingerprint density at radius 3 is 2.53 bits per heavy atom. The van der Waals surface area contributed by atoms with E-state index in [1.165, 1.54) is 0 Å². The van der Waals surface area contributed by atoms with E-state index in [1.54, 1.807) is 19.1 Å². The van der Waals surface area contributed by atoms with E-state index in [9.17, 15) is 13.2 Å². The second kappa shape index (κ2) is 6.68. The van der Waals surface area contributed by atoms with Crippen LogP contribution < -0.4 is 4.72 Å². The van der Waals surface area contributed by atoms with Crippen molar-refractivity contribution in [3.8, 4) is 0 Å². The predicted octanol–water partition coefficient (Wildman–Crippen LogP) is 1.84. The highest BCUT2D eigenvalue weighted by atomic mass is 32.2. The molecule has 0 aliphatic carbocycles. The molecule has 0 aliphatic rings. The molecule has 0 amide bonds. The minimum Gasteiger partial charge on any atom is -0.481 e. The van der Waals surface area contributed by atoms with Gasteiger partial charge in [-0.2, -0.15) is 0 Å². The summed E-state index contributed by atoms with van der Waals surface area (Å²) in [6.07, 6.45) is 1.03. The van der Waals surface area contributed by atoms with Crippen molar-refractivity contribution in [2.45, 2.75) is 38.0 Å². The molecule has 1 aromatic carbocycles. The van der Waals surface area contributed by atoms with E-state index in [2.05, 4.69) is 4.72 Å². The first-order valence-electron chi connectivity index (χ1n) is 6.11. The highest BCUT2D eigenvalue weighted by Crippen LogP contribution is 2.16. The first kappa shape index (κ1) is 15.7. The quantitative estimate of drug-likeness (QED) is 0.749. The molecule has 1 aromatic rings. The Bertz CT molecular complexity index is 552. The molecule has 0 saturated heterocycles. The first-order valence-corrected chi connectivity index (χ1v) is 7.60. The van der Waals surface area contributed by atoms with Crippen LogP contribution in [-0.4, -0.2) is 26.0 Å². The summed E-state index contributed by atoms with van der Waals surface area (Å²) in [4.78, 5) is 10.6. The molecule has 2 N–H and O–H groups in total. The van der Waals surface area contributed by atoms with E-state index in [0.717, 1.165) is 5.56 Å². The molecule has 0 fully saturated rings. The summed E-state index contributed by atoms with van der Waals surface area (Å²) in [5, 5.41) is 8.47. The molecule has 5 nitrogen and oxygen atoms in total. The number of carboxylic acid groups (broad SMARTS) is 1. The Morgan fingerprint density at radius 2 is 1.95 bits per heavy atom. The molecule has 0 aliphatic heterocycles. The smallest absolute Gasteiger partial charge is 0.303 e. The van der Waals surface area contributed by atoms with Crippen LogP contribution in [-0.2, 0) is 14.8 Å². The van der Waals surface area contributed by atoms with Crippen LogP contribution in [0.3, 0.4) is 0 Å². The van der Waals surface area contributed by atoms with Gasteiger partial charge in [-0.15, -0.1) is 0 Å². The van der Waals surface area contributed by atoms with Crippen molar-refractivity contribution < 1.29 is 18.3 Å². The highest BCUT2D eigenvalue weighted by molar-refractivity contribution is 7.89. The predicted molar refractivity (Wildman–Crippen MR) is 72.6 cm³/mol. The van der Waals surface area contributed by atoms with Gasteiger partial charge in [0, 0.05) is 13.0 Å².